The summed E-state index contributed by atoms with van der Waals surface area (Å²) in [5.74, 6) is 2.44. The lowest BCUT2D eigenvalue weighted by Gasteiger charge is -2.09. The highest BCUT2D eigenvalue weighted by Crippen LogP contribution is 2.12. The molecule has 112 valence electrons. The number of ether oxygens (including phenoxy) is 1. The molecule has 5 heteroatoms. The normalized spacial score (nSPS) is 10.2. The molecule has 1 aromatic carbocycles. The molecule has 0 aliphatic heterocycles. The lowest BCUT2D eigenvalue weighted by Crippen LogP contribution is -2.13. The Morgan fingerprint density at radius 1 is 1.10 bits per heavy atom. The first-order valence-electron chi connectivity index (χ1n) is 7.27. The fraction of sp³-hybridized carbons (Fsp3) is 0.375. The maximum absolute atomic E-state index is 5.68. The van der Waals surface area contributed by atoms with Crippen LogP contribution < -0.4 is 15.4 Å². The van der Waals surface area contributed by atoms with E-state index in [2.05, 4.69) is 40.5 Å². The van der Waals surface area contributed by atoms with Gasteiger partial charge in [-0.3, -0.25) is 4.98 Å². The highest BCUT2D eigenvalue weighted by atomic mass is 16.5. The molecule has 0 unspecified atom stereocenters. The van der Waals surface area contributed by atoms with Crippen molar-refractivity contribution >= 4 is 11.6 Å². The summed E-state index contributed by atoms with van der Waals surface area (Å²) in [7, 11) is 0. The largest absolute Gasteiger partial charge is 0.492 e. The van der Waals surface area contributed by atoms with E-state index in [1.165, 1.54) is 5.56 Å². The van der Waals surface area contributed by atoms with Crippen LogP contribution in [0.25, 0.3) is 0 Å². The number of nitrogens with zero attached hydrogens (tertiary/aromatic N) is 2. The van der Waals surface area contributed by atoms with Crippen molar-refractivity contribution in [3.8, 4) is 5.75 Å². The van der Waals surface area contributed by atoms with Crippen molar-refractivity contribution in [1.82, 2.24) is 9.97 Å². The Morgan fingerprint density at radius 3 is 2.57 bits per heavy atom. The number of rotatable bonds is 8. The molecule has 1 heterocycles. The maximum atomic E-state index is 5.68. The van der Waals surface area contributed by atoms with Crippen molar-refractivity contribution in [2.24, 2.45) is 0 Å². The van der Waals surface area contributed by atoms with Crippen molar-refractivity contribution in [1.29, 1.82) is 0 Å². The van der Waals surface area contributed by atoms with Gasteiger partial charge in [0.1, 0.15) is 24.0 Å². The number of aryl methyl sites for hydroxylation is 1. The van der Waals surface area contributed by atoms with Crippen molar-refractivity contribution in [3.63, 3.8) is 0 Å². The van der Waals surface area contributed by atoms with E-state index in [9.17, 15) is 0 Å². The highest BCUT2D eigenvalue weighted by molar-refractivity contribution is 5.41. The molecule has 0 atom stereocenters. The molecule has 0 aliphatic rings. The van der Waals surface area contributed by atoms with Crippen molar-refractivity contribution < 1.29 is 4.74 Å². The van der Waals surface area contributed by atoms with Gasteiger partial charge < -0.3 is 15.4 Å². The average molecular weight is 286 g/mol. The van der Waals surface area contributed by atoms with Crippen LogP contribution in [-0.4, -0.2) is 29.7 Å². The first kappa shape index (κ1) is 15.1. The molecule has 2 aromatic rings. The summed E-state index contributed by atoms with van der Waals surface area (Å²) in [6.07, 6.45) is 4.50. The van der Waals surface area contributed by atoms with E-state index in [0.717, 1.165) is 30.4 Å². The van der Waals surface area contributed by atoms with Gasteiger partial charge in [-0.1, -0.05) is 19.1 Å². The van der Waals surface area contributed by atoms with E-state index in [0.29, 0.717) is 13.2 Å². The van der Waals surface area contributed by atoms with E-state index >= 15 is 0 Å². The SMILES string of the molecule is CCCNc1cncc(NCCOc2cccc(C)c2)n1. The lowest BCUT2D eigenvalue weighted by atomic mass is 10.2. The summed E-state index contributed by atoms with van der Waals surface area (Å²) in [5.41, 5.74) is 1.20. The first-order valence-corrected chi connectivity index (χ1v) is 7.27. The molecule has 0 saturated heterocycles. The minimum atomic E-state index is 0.581. The molecule has 2 N–H and O–H groups in total. The number of benzene rings is 1. The monoisotopic (exact) mass is 286 g/mol. The van der Waals surface area contributed by atoms with Gasteiger partial charge in [-0.25, -0.2) is 4.98 Å². The fourth-order valence-electron chi connectivity index (χ4n) is 1.84. The van der Waals surface area contributed by atoms with Crippen molar-refractivity contribution in [2.75, 3.05) is 30.3 Å². The van der Waals surface area contributed by atoms with E-state index in [1.807, 2.05) is 18.2 Å². The Morgan fingerprint density at radius 2 is 1.86 bits per heavy atom. The van der Waals surface area contributed by atoms with Crippen LogP contribution in [-0.2, 0) is 0 Å². The summed E-state index contributed by atoms with van der Waals surface area (Å²) in [6.45, 7) is 6.33. The Labute approximate surface area is 125 Å². The van der Waals surface area contributed by atoms with Crippen LogP contribution in [0.3, 0.4) is 0 Å². The molecule has 0 fully saturated rings. The molecule has 0 aliphatic carbocycles. The first-order chi connectivity index (χ1) is 10.3. The molecule has 0 spiro atoms. The average Bonchev–Trinajstić information content (AvgIpc) is 2.50. The molecule has 5 nitrogen and oxygen atoms in total. The van der Waals surface area contributed by atoms with Gasteiger partial charge in [-0.2, -0.15) is 0 Å². The van der Waals surface area contributed by atoms with Crippen LogP contribution in [0.15, 0.2) is 36.7 Å². The highest BCUT2D eigenvalue weighted by Gasteiger charge is 1.98. The van der Waals surface area contributed by atoms with Crippen molar-refractivity contribution in [2.45, 2.75) is 20.3 Å². The predicted molar refractivity (Wildman–Crippen MR) is 86.0 cm³/mol. The second kappa shape index (κ2) is 8.09. The quantitative estimate of drug-likeness (QED) is 0.730. The number of hydrogen-bond donors (Lipinski definition) is 2. The van der Waals surface area contributed by atoms with Crippen molar-refractivity contribution in [3.05, 3.63) is 42.2 Å². The van der Waals surface area contributed by atoms with Crippen LogP contribution in [0.1, 0.15) is 18.9 Å². The molecule has 0 amide bonds. The van der Waals surface area contributed by atoms with E-state index in [4.69, 9.17) is 4.74 Å². The van der Waals surface area contributed by atoms with E-state index in [1.54, 1.807) is 12.4 Å². The zero-order valence-electron chi connectivity index (χ0n) is 12.6. The van der Waals surface area contributed by atoms with Crippen LogP contribution in [0, 0.1) is 6.92 Å². The van der Waals surface area contributed by atoms with Gasteiger partial charge in [0.05, 0.1) is 18.9 Å². The lowest BCUT2D eigenvalue weighted by molar-refractivity contribution is 0.332. The Hall–Kier alpha value is -2.30. The fourth-order valence-corrected chi connectivity index (χ4v) is 1.84. The molecular formula is C16H22N4O. The van der Waals surface area contributed by atoms with Crippen LogP contribution >= 0.6 is 0 Å². The number of anilines is 2. The third-order valence-corrected chi connectivity index (χ3v) is 2.86. The summed E-state index contributed by atoms with van der Waals surface area (Å²) in [5, 5.41) is 6.42. The van der Waals surface area contributed by atoms with E-state index < -0.39 is 0 Å². The van der Waals surface area contributed by atoms with Gasteiger partial charge in [0, 0.05) is 6.54 Å². The Kier molecular flexibility index (Phi) is 5.82. The van der Waals surface area contributed by atoms with Crippen LogP contribution in [0.4, 0.5) is 11.6 Å². The molecule has 21 heavy (non-hydrogen) atoms. The van der Waals surface area contributed by atoms with Crippen LogP contribution in [0.5, 0.6) is 5.75 Å². The third-order valence-electron chi connectivity index (χ3n) is 2.86. The van der Waals surface area contributed by atoms with E-state index in [-0.39, 0.29) is 0 Å². The molecule has 0 bridgehead atoms. The number of hydrogen-bond acceptors (Lipinski definition) is 5. The standard InChI is InChI=1S/C16H22N4O/c1-3-7-18-15-11-17-12-16(20-15)19-8-9-21-14-6-4-5-13(2)10-14/h4-6,10-12H,3,7-9H2,1-2H3,(H2,18,19,20). The Bertz CT molecular complexity index is 559. The third kappa shape index (κ3) is 5.30. The van der Waals surface area contributed by atoms with Gasteiger partial charge in [-0.15, -0.1) is 0 Å². The maximum Gasteiger partial charge on any atom is 0.147 e. The van der Waals surface area contributed by atoms with Gasteiger partial charge in [0.2, 0.25) is 0 Å². The zero-order valence-corrected chi connectivity index (χ0v) is 12.6. The van der Waals surface area contributed by atoms with Crippen LogP contribution in [0.2, 0.25) is 0 Å². The second-order valence-corrected chi connectivity index (χ2v) is 4.81. The zero-order chi connectivity index (χ0) is 14.9. The summed E-state index contributed by atoms with van der Waals surface area (Å²) < 4.78 is 5.68. The van der Waals surface area contributed by atoms with Gasteiger partial charge in [0.15, 0.2) is 0 Å². The molecule has 2 rings (SSSR count). The van der Waals surface area contributed by atoms with Gasteiger partial charge in [-0.05, 0) is 31.0 Å². The summed E-state index contributed by atoms with van der Waals surface area (Å²) in [4.78, 5) is 8.59. The van der Waals surface area contributed by atoms with Gasteiger partial charge in [0.25, 0.3) is 0 Å². The second-order valence-electron chi connectivity index (χ2n) is 4.81. The minimum absolute atomic E-state index is 0.581. The summed E-state index contributed by atoms with van der Waals surface area (Å²) >= 11 is 0. The van der Waals surface area contributed by atoms with Gasteiger partial charge >= 0.3 is 0 Å². The molecule has 0 radical (unpaired) electrons. The Balaban J connectivity index is 1.75. The minimum Gasteiger partial charge on any atom is -0.492 e. The molecular weight excluding hydrogens is 264 g/mol. The smallest absolute Gasteiger partial charge is 0.147 e. The molecule has 1 aromatic heterocycles. The number of nitrogens with one attached hydrogen (secondary N) is 2. The topological polar surface area (TPSA) is 59.1 Å². The molecule has 0 saturated carbocycles. The summed E-state index contributed by atoms with van der Waals surface area (Å²) in [6, 6.07) is 8.03. The predicted octanol–water partition coefficient (Wildman–Crippen LogP) is 3.10. The number of aromatic nitrogens is 2.